The van der Waals surface area contributed by atoms with Gasteiger partial charge in [0.1, 0.15) is 17.4 Å². The van der Waals surface area contributed by atoms with Crippen LogP contribution in [0, 0.1) is 5.92 Å². The number of carbonyl (C=O) groups excluding carboxylic acids is 2. The van der Waals surface area contributed by atoms with Crippen LogP contribution in [-0.2, 0) is 19.1 Å². The lowest BCUT2D eigenvalue weighted by Crippen LogP contribution is -2.45. The number of hydrazine groups is 1. The zero-order chi connectivity index (χ0) is 24.5. The Morgan fingerprint density at radius 3 is 2.34 bits per heavy atom. The molecule has 2 aliphatic heterocycles. The van der Waals surface area contributed by atoms with Crippen LogP contribution in [0.5, 0.6) is 0 Å². The molecule has 182 valence electrons. The maximum atomic E-state index is 13.9. The SMILES string of the molecule is COC(=O)[C@@H]1[C@@H](C(=O)OC)N(c2ccccc2)N[C@H]1c1c(N2CCCC2)nc2ccccn2c1=O. The number of methoxy groups -OCH3 is 2. The standard InChI is InChI=1S/C25H27N5O5/c1-34-24(32)18-20(27-30(21(18)25(33)35-2)16-10-4-3-5-11-16)19-22(28-13-8-9-14-28)26-17-12-6-7-15-29(17)23(19)31/h3-7,10-12,15,18,20-21,27H,8-9,13-14H2,1-2H3/t18-,20+,21-/m0/s1. The van der Waals surface area contributed by atoms with Crippen LogP contribution in [0.25, 0.3) is 5.65 Å². The Balaban J connectivity index is 1.74. The quantitative estimate of drug-likeness (QED) is 0.550. The summed E-state index contributed by atoms with van der Waals surface area (Å²) < 4.78 is 11.7. The van der Waals surface area contributed by atoms with E-state index >= 15 is 0 Å². The molecule has 0 unspecified atom stereocenters. The monoisotopic (exact) mass is 477 g/mol. The van der Waals surface area contributed by atoms with Gasteiger partial charge in [-0.2, -0.15) is 0 Å². The van der Waals surface area contributed by atoms with Crippen molar-refractivity contribution in [3.8, 4) is 0 Å². The van der Waals surface area contributed by atoms with Gasteiger partial charge in [-0.15, -0.1) is 0 Å². The molecule has 1 aromatic carbocycles. The molecule has 4 heterocycles. The maximum absolute atomic E-state index is 13.9. The average Bonchev–Trinajstić information content (AvgIpc) is 3.57. The average molecular weight is 478 g/mol. The van der Waals surface area contributed by atoms with E-state index in [1.807, 2.05) is 36.4 Å². The fourth-order valence-electron chi connectivity index (χ4n) is 5.03. The van der Waals surface area contributed by atoms with Crippen molar-refractivity contribution < 1.29 is 19.1 Å². The smallest absolute Gasteiger partial charge is 0.331 e. The first-order valence-corrected chi connectivity index (χ1v) is 11.6. The van der Waals surface area contributed by atoms with E-state index in [1.54, 1.807) is 23.3 Å². The molecule has 0 aliphatic carbocycles. The predicted molar refractivity (Wildman–Crippen MR) is 129 cm³/mol. The number of carbonyl (C=O) groups is 2. The molecule has 3 atom stereocenters. The summed E-state index contributed by atoms with van der Waals surface area (Å²) >= 11 is 0. The Bertz CT molecular complexity index is 1300. The van der Waals surface area contributed by atoms with Gasteiger partial charge in [0.15, 0.2) is 6.04 Å². The molecule has 10 heteroatoms. The molecule has 2 fully saturated rings. The maximum Gasteiger partial charge on any atom is 0.331 e. The second-order valence-electron chi connectivity index (χ2n) is 8.61. The van der Waals surface area contributed by atoms with Gasteiger partial charge in [-0.3, -0.25) is 19.0 Å². The molecular formula is C25H27N5O5. The van der Waals surface area contributed by atoms with E-state index in [4.69, 9.17) is 14.5 Å². The van der Waals surface area contributed by atoms with Crippen LogP contribution in [0.1, 0.15) is 24.4 Å². The first-order valence-electron chi connectivity index (χ1n) is 11.6. The lowest BCUT2D eigenvalue weighted by molar-refractivity contribution is -0.153. The molecule has 10 nitrogen and oxygen atoms in total. The summed E-state index contributed by atoms with van der Waals surface area (Å²) in [6, 6.07) is 12.6. The van der Waals surface area contributed by atoms with Gasteiger partial charge in [-0.05, 0) is 37.1 Å². The Kier molecular flexibility index (Phi) is 6.12. The van der Waals surface area contributed by atoms with Gasteiger partial charge in [0, 0.05) is 19.3 Å². The largest absolute Gasteiger partial charge is 0.469 e. The molecule has 0 bridgehead atoms. The van der Waals surface area contributed by atoms with Crippen LogP contribution < -0.4 is 20.9 Å². The van der Waals surface area contributed by atoms with Crippen LogP contribution in [0.15, 0.2) is 59.5 Å². The second kappa shape index (κ2) is 9.38. The Morgan fingerprint density at radius 1 is 0.971 bits per heavy atom. The molecule has 0 amide bonds. The van der Waals surface area contributed by atoms with E-state index in [1.165, 1.54) is 18.6 Å². The van der Waals surface area contributed by atoms with Crippen molar-refractivity contribution in [1.29, 1.82) is 0 Å². The summed E-state index contributed by atoms with van der Waals surface area (Å²) in [6.45, 7) is 1.50. The summed E-state index contributed by atoms with van der Waals surface area (Å²) in [5, 5.41) is 1.59. The minimum Gasteiger partial charge on any atom is -0.469 e. The zero-order valence-electron chi connectivity index (χ0n) is 19.6. The summed E-state index contributed by atoms with van der Waals surface area (Å²) in [7, 11) is 2.54. The van der Waals surface area contributed by atoms with Gasteiger partial charge in [-0.1, -0.05) is 24.3 Å². The number of para-hydroxylation sites is 1. The molecule has 2 saturated heterocycles. The Morgan fingerprint density at radius 2 is 1.66 bits per heavy atom. The highest BCUT2D eigenvalue weighted by molar-refractivity contribution is 5.89. The number of fused-ring (bicyclic) bond motifs is 1. The van der Waals surface area contributed by atoms with Crippen molar-refractivity contribution in [2.75, 3.05) is 37.2 Å². The number of aromatic nitrogens is 2. The Hall–Kier alpha value is -3.92. The van der Waals surface area contributed by atoms with Gasteiger partial charge in [0.25, 0.3) is 5.56 Å². The summed E-state index contributed by atoms with van der Waals surface area (Å²) in [6.07, 6.45) is 3.61. The summed E-state index contributed by atoms with van der Waals surface area (Å²) in [5.74, 6) is -1.77. The molecule has 35 heavy (non-hydrogen) atoms. The highest BCUT2D eigenvalue weighted by Crippen LogP contribution is 2.39. The van der Waals surface area contributed by atoms with Crippen molar-refractivity contribution in [2.24, 2.45) is 5.92 Å². The van der Waals surface area contributed by atoms with Crippen LogP contribution >= 0.6 is 0 Å². The third-order valence-electron chi connectivity index (χ3n) is 6.67. The Labute approximate surface area is 202 Å². The molecule has 1 N–H and O–H groups in total. The molecule has 0 saturated carbocycles. The van der Waals surface area contributed by atoms with Crippen molar-refractivity contribution in [1.82, 2.24) is 14.8 Å². The number of hydrogen-bond acceptors (Lipinski definition) is 9. The van der Waals surface area contributed by atoms with Crippen molar-refractivity contribution in [3.05, 3.63) is 70.6 Å². The van der Waals surface area contributed by atoms with Gasteiger partial charge >= 0.3 is 11.9 Å². The van der Waals surface area contributed by atoms with Crippen LogP contribution in [0.3, 0.4) is 0 Å². The number of benzene rings is 1. The predicted octanol–water partition coefficient (Wildman–Crippen LogP) is 1.69. The number of rotatable bonds is 5. The lowest BCUT2D eigenvalue weighted by Gasteiger charge is -2.25. The molecule has 5 rings (SSSR count). The van der Waals surface area contributed by atoms with Gasteiger partial charge < -0.3 is 14.4 Å². The first-order chi connectivity index (χ1) is 17.0. The van der Waals surface area contributed by atoms with Crippen LogP contribution in [0.4, 0.5) is 11.5 Å². The molecule has 0 spiro atoms. The van der Waals surface area contributed by atoms with Crippen molar-refractivity contribution in [3.63, 3.8) is 0 Å². The molecule has 2 aromatic heterocycles. The number of anilines is 2. The van der Waals surface area contributed by atoms with E-state index in [2.05, 4.69) is 10.3 Å². The number of hydrogen-bond donors (Lipinski definition) is 1. The topological polar surface area (TPSA) is 105 Å². The highest BCUT2D eigenvalue weighted by Gasteiger charge is 2.53. The molecular weight excluding hydrogens is 450 g/mol. The second-order valence-corrected chi connectivity index (χ2v) is 8.61. The number of nitrogens with one attached hydrogen (secondary N) is 1. The third-order valence-corrected chi connectivity index (χ3v) is 6.67. The number of esters is 2. The normalized spacial score (nSPS) is 21.9. The highest BCUT2D eigenvalue weighted by atomic mass is 16.5. The van der Waals surface area contributed by atoms with E-state index < -0.39 is 29.9 Å². The number of nitrogens with zero attached hydrogens (tertiary/aromatic N) is 4. The van der Waals surface area contributed by atoms with Crippen LogP contribution in [-0.4, -0.2) is 54.7 Å². The third kappa shape index (κ3) is 3.89. The molecule has 3 aromatic rings. The fourth-order valence-corrected chi connectivity index (χ4v) is 5.03. The minimum atomic E-state index is -1.05. The van der Waals surface area contributed by atoms with Crippen LogP contribution in [0.2, 0.25) is 0 Å². The van der Waals surface area contributed by atoms with Gasteiger partial charge in [0.05, 0.1) is 31.5 Å². The van der Waals surface area contributed by atoms with Gasteiger partial charge in [0.2, 0.25) is 0 Å². The molecule has 0 radical (unpaired) electrons. The van der Waals surface area contributed by atoms with E-state index in [9.17, 15) is 14.4 Å². The summed E-state index contributed by atoms with van der Waals surface area (Å²) in [4.78, 5) is 47.0. The van der Waals surface area contributed by atoms with E-state index in [0.717, 1.165) is 25.9 Å². The first kappa shape index (κ1) is 22.9. The van der Waals surface area contributed by atoms with Crippen molar-refractivity contribution in [2.45, 2.75) is 24.9 Å². The van der Waals surface area contributed by atoms with Gasteiger partial charge in [-0.25, -0.2) is 15.2 Å². The minimum absolute atomic E-state index is 0.303. The van der Waals surface area contributed by atoms with E-state index in [-0.39, 0.29) is 5.56 Å². The summed E-state index contributed by atoms with van der Waals surface area (Å²) in [5.41, 5.74) is 4.45. The number of ether oxygens (including phenoxy) is 2. The lowest BCUT2D eigenvalue weighted by atomic mass is 9.89. The van der Waals surface area contributed by atoms with Crippen molar-refractivity contribution >= 4 is 29.1 Å². The molecule has 2 aliphatic rings. The zero-order valence-corrected chi connectivity index (χ0v) is 19.6. The van der Waals surface area contributed by atoms with E-state index in [0.29, 0.717) is 22.7 Å². The number of pyridine rings is 1. The fraction of sp³-hybridized carbons (Fsp3) is 0.360.